The molecule has 1 aromatic heterocycles. The van der Waals surface area contributed by atoms with Gasteiger partial charge in [0.1, 0.15) is 11.4 Å². The van der Waals surface area contributed by atoms with E-state index in [0.29, 0.717) is 5.84 Å². The van der Waals surface area contributed by atoms with Crippen LogP contribution in [0.25, 0.3) is 0 Å². The largest absolute Gasteiger partial charge is 0.386 e. The highest BCUT2D eigenvalue weighted by molar-refractivity contribution is 9.11. The molecule has 0 spiro atoms. The molecule has 94 valence electrons. The molecule has 0 aromatic carbocycles. The minimum Gasteiger partial charge on any atom is -0.386 e. The van der Waals surface area contributed by atoms with E-state index in [-0.39, 0.29) is 10.3 Å². The van der Waals surface area contributed by atoms with Crippen molar-refractivity contribution < 1.29 is 0 Å². The summed E-state index contributed by atoms with van der Waals surface area (Å²) in [6.45, 7) is 6.29. The van der Waals surface area contributed by atoms with Gasteiger partial charge in [-0.15, -0.1) is 23.1 Å². The summed E-state index contributed by atoms with van der Waals surface area (Å²) in [7, 11) is 0. The zero-order valence-electron chi connectivity index (χ0n) is 9.88. The second-order valence-corrected chi connectivity index (χ2v) is 9.23. The predicted molar refractivity (Wildman–Crippen MR) is 82.5 cm³/mol. The van der Waals surface area contributed by atoms with Gasteiger partial charge >= 0.3 is 0 Å². The van der Waals surface area contributed by atoms with Crippen LogP contribution in [0, 0.1) is 0 Å². The summed E-state index contributed by atoms with van der Waals surface area (Å²) < 4.78 is 0.947. The van der Waals surface area contributed by atoms with Crippen LogP contribution in [0.4, 0.5) is 0 Å². The number of thiophene rings is 1. The van der Waals surface area contributed by atoms with Crippen molar-refractivity contribution in [2.45, 2.75) is 31.1 Å². The fourth-order valence-corrected chi connectivity index (χ4v) is 4.99. The number of aliphatic imine (C=N–C) groups is 1. The van der Waals surface area contributed by atoms with E-state index < -0.39 is 0 Å². The third-order valence-corrected chi connectivity index (χ3v) is 6.78. The van der Waals surface area contributed by atoms with E-state index in [9.17, 15) is 0 Å². The predicted octanol–water partition coefficient (Wildman–Crippen LogP) is 4.26. The molecule has 0 radical (unpaired) electrons. The van der Waals surface area contributed by atoms with Crippen LogP contribution in [-0.2, 0) is 5.54 Å². The van der Waals surface area contributed by atoms with Crippen LogP contribution in [0.5, 0.6) is 0 Å². The van der Waals surface area contributed by atoms with Crippen LogP contribution in [0.3, 0.4) is 0 Å². The molecule has 0 fully saturated rings. The van der Waals surface area contributed by atoms with Gasteiger partial charge < -0.3 is 5.73 Å². The summed E-state index contributed by atoms with van der Waals surface area (Å²) in [5.41, 5.74) is 5.75. The number of halogens is 2. The van der Waals surface area contributed by atoms with Crippen molar-refractivity contribution in [1.82, 2.24) is 0 Å². The lowest BCUT2D eigenvalue weighted by Crippen LogP contribution is -2.44. The Bertz CT molecular complexity index is 484. The maximum Gasteiger partial charge on any atom is 0.111 e. The molecule has 17 heavy (non-hydrogen) atoms. The summed E-state index contributed by atoms with van der Waals surface area (Å²) >= 11 is 13.2. The van der Waals surface area contributed by atoms with Gasteiger partial charge in [0.2, 0.25) is 0 Å². The fourth-order valence-electron chi connectivity index (χ4n) is 1.65. The van der Waals surface area contributed by atoms with Crippen molar-refractivity contribution in [1.29, 1.82) is 0 Å². The minimum atomic E-state index is -0.307. The molecule has 0 aliphatic carbocycles. The minimum absolute atomic E-state index is 0.0829. The van der Waals surface area contributed by atoms with Crippen LogP contribution in [0.1, 0.15) is 25.6 Å². The summed E-state index contributed by atoms with van der Waals surface area (Å²) in [6, 6.07) is 1.92. The topological polar surface area (TPSA) is 38.4 Å². The van der Waals surface area contributed by atoms with Gasteiger partial charge in [0.05, 0.1) is 18.4 Å². The Kier molecular flexibility index (Phi) is 3.58. The standard InChI is InChI=1S/C11H14BrClN2S2/c1-10(2)9(14)15-11(3,5-16-10)8-6(13)4-7(12)17-8/h4H,5H2,1-3H3,(H2,14,15)/t11-/m0/s1. The van der Waals surface area contributed by atoms with E-state index in [2.05, 4.69) is 36.7 Å². The van der Waals surface area contributed by atoms with Crippen molar-refractivity contribution in [2.24, 2.45) is 10.7 Å². The van der Waals surface area contributed by atoms with Gasteiger partial charge in [0.15, 0.2) is 0 Å². The number of hydrogen-bond donors (Lipinski definition) is 1. The van der Waals surface area contributed by atoms with Crippen LogP contribution in [0.15, 0.2) is 14.8 Å². The second kappa shape index (κ2) is 4.44. The number of thioether (sulfide) groups is 1. The molecule has 0 amide bonds. The lowest BCUT2D eigenvalue weighted by Gasteiger charge is -2.37. The Morgan fingerprint density at radius 2 is 2.12 bits per heavy atom. The molecule has 0 saturated heterocycles. The highest BCUT2D eigenvalue weighted by Crippen LogP contribution is 2.46. The normalized spacial score (nSPS) is 27.9. The molecule has 0 saturated carbocycles. The fraction of sp³-hybridized carbons (Fsp3) is 0.545. The van der Waals surface area contributed by atoms with Crippen LogP contribution >= 0.6 is 50.6 Å². The molecular weight excluding hydrogens is 340 g/mol. The quantitative estimate of drug-likeness (QED) is 0.819. The SMILES string of the molecule is CC1(C)SC[C@@](C)(c2sc(Br)cc2Cl)N=C1N. The lowest BCUT2D eigenvalue weighted by atomic mass is 10.0. The molecule has 2 N–H and O–H groups in total. The highest BCUT2D eigenvalue weighted by Gasteiger charge is 2.39. The smallest absolute Gasteiger partial charge is 0.111 e. The summed E-state index contributed by atoms with van der Waals surface area (Å²) in [4.78, 5) is 5.77. The zero-order chi connectivity index (χ0) is 12.8. The van der Waals surface area contributed by atoms with Crippen molar-refractivity contribution in [2.75, 3.05) is 5.75 Å². The van der Waals surface area contributed by atoms with Crippen molar-refractivity contribution in [3.63, 3.8) is 0 Å². The Balaban J connectivity index is 2.46. The second-order valence-electron chi connectivity index (χ2n) is 4.80. The number of amidine groups is 1. The molecule has 1 aromatic rings. The maximum atomic E-state index is 6.25. The third kappa shape index (κ3) is 2.53. The van der Waals surface area contributed by atoms with E-state index >= 15 is 0 Å². The third-order valence-electron chi connectivity index (χ3n) is 2.84. The molecular formula is C11H14BrClN2S2. The Morgan fingerprint density at radius 1 is 1.47 bits per heavy atom. The van der Waals surface area contributed by atoms with Gasteiger partial charge in [-0.25, -0.2) is 0 Å². The first-order valence-electron chi connectivity index (χ1n) is 5.20. The van der Waals surface area contributed by atoms with Crippen molar-refractivity contribution in [3.05, 3.63) is 19.8 Å². The van der Waals surface area contributed by atoms with Gasteiger partial charge in [-0.2, -0.15) is 0 Å². The molecule has 0 unspecified atom stereocenters. The first-order chi connectivity index (χ1) is 7.74. The van der Waals surface area contributed by atoms with Crippen molar-refractivity contribution in [3.8, 4) is 0 Å². The van der Waals surface area contributed by atoms with E-state index in [4.69, 9.17) is 22.3 Å². The molecule has 1 aliphatic heterocycles. The first-order valence-corrected chi connectivity index (χ1v) is 8.17. The Morgan fingerprint density at radius 3 is 2.59 bits per heavy atom. The van der Waals surface area contributed by atoms with Gasteiger partial charge in [-0.1, -0.05) is 11.6 Å². The van der Waals surface area contributed by atoms with Gasteiger partial charge in [0, 0.05) is 5.75 Å². The van der Waals surface area contributed by atoms with E-state index in [0.717, 1.165) is 19.4 Å². The monoisotopic (exact) mass is 352 g/mol. The molecule has 2 rings (SSSR count). The molecule has 2 nitrogen and oxygen atoms in total. The van der Waals surface area contributed by atoms with Crippen molar-refractivity contribution >= 4 is 56.5 Å². The zero-order valence-corrected chi connectivity index (χ0v) is 13.9. The van der Waals surface area contributed by atoms with E-state index in [1.165, 1.54) is 0 Å². The summed E-state index contributed by atoms with van der Waals surface area (Å²) in [5.74, 6) is 1.59. The first kappa shape index (κ1) is 13.7. The van der Waals surface area contributed by atoms with Gasteiger partial charge in [0.25, 0.3) is 0 Å². The maximum absolute atomic E-state index is 6.25. The summed E-state index contributed by atoms with van der Waals surface area (Å²) in [6.07, 6.45) is 0. The average molecular weight is 354 g/mol. The molecule has 2 heterocycles. The molecule has 6 heteroatoms. The Labute approximate surface area is 123 Å². The highest BCUT2D eigenvalue weighted by atomic mass is 79.9. The summed E-state index contributed by atoms with van der Waals surface area (Å²) in [5, 5.41) is 0.765. The molecule has 1 atom stereocenters. The average Bonchev–Trinajstić information content (AvgIpc) is 2.54. The van der Waals surface area contributed by atoms with Crippen LogP contribution in [0.2, 0.25) is 5.02 Å². The van der Waals surface area contributed by atoms with E-state index in [1.807, 2.05) is 17.8 Å². The van der Waals surface area contributed by atoms with Crippen LogP contribution in [-0.4, -0.2) is 16.3 Å². The van der Waals surface area contributed by atoms with Gasteiger partial charge in [-0.3, -0.25) is 4.99 Å². The Hall–Kier alpha value is 0.290. The number of nitrogens with two attached hydrogens (primary N) is 1. The number of rotatable bonds is 1. The van der Waals surface area contributed by atoms with E-state index in [1.54, 1.807) is 11.3 Å². The number of nitrogens with zero attached hydrogens (tertiary/aromatic N) is 1. The lowest BCUT2D eigenvalue weighted by molar-refractivity contribution is 0.565. The van der Waals surface area contributed by atoms with Crippen LogP contribution < -0.4 is 5.73 Å². The van der Waals surface area contributed by atoms with Gasteiger partial charge in [-0.05, 0) is 42.8 Å². The number of hydrogen-bond acceptors (Lipinski definition) is 4. The molecule has 0 bridgehead atoms. The molecule has 1 aliphatic rings.